The fraction of sp³-hybridized carbons (Fsp3) is 0.750. The number of hydrogen-bond donors (Lipinski definition) is 2. The number of hydrogen-bond acceptors (Lipinski definition) is 4. The van der Waals surface area contributed by atoms with Crippen molar-refractivity contribution >= 4 is 11.3 Å². The maximum Gasteiger partial charge on any atom is 0.0754 e. The van der Waals surface area contributed by atoms with Gasteiger partial charge in [0.15, 0.2) is 0 Å². The van der Waals surface area contributed by atoms with Crippen molar-refractivity contribution in [3.05, 3.63) is 21.9 Å². The molecule has 1 aromatic rings. The van der Waals surface area contributed by atoms with E-state index in [1.165, 1.54) is 10.4 Å². The predicted molar refractivity (Wildman–Crippen MR) is 84.3 cm³/mol. The van der Waals surface area contributed by atoms with Crippen LogP contribution in [0.15, 0.2) is 11.4 Å². The van der Waals surface area contributed by atoms with Crippen molar-refractivity contribution in [2.24, 2.45) is 5.41 Å². The van der Waals surface area contributed by atoms with Gasteiger partial charge in [-0.2, -0.15) is 0 Å². The molecule has 20 heavy (non-hydrogen) atoms. The second-order valence-corrected chi connectivity index (χ2v) is 7.74. The first kappa shape index (κ1) is 16.0. The smallest absolute Gasteiger partial charge is 0.0754 e. The Morgan fingerprint density at radius 2 is 2.10 bits per heavy atom. The minimum Gasteiger partial charge on any atom is -0.389 e. The minimum atomic E-state index is -0.622. The molecule has 4 heteroatoms. The molecule has 1 saturated heterocycles. The van der Waals surface area contributed by atoms with Crippen LogP contribution in [0.3, 0.4) is 0 Å². The van der Waals surface area contributed by atoms with Crippen LogP contribution >= 0.6 is 11.3 Å². The van der Waals surface area contributed by atoms with Crippen LogP contribution in [-0.2, 0) is 4.74 Å². The standard InChI is InChI=1S/C16H27NO2S/c1-12-9-14(10-20-12)13(2)17-11-15(3,4)16(18)5-7-19-8-6-16/h9-10,13,17-18H,5-8,11H2,1-4H3. The first-order chi connectivity index (χ1) is 9.34. The van der Waals surface area contributed by atoms with Gasteiger partial charge in [0.1, 0.15) is 0 Å². The van der Waals surface area contributed by atoms with Gasteiger partial charge in [-0.1, -0.05) is 13.8 Å². The van der Waals surface area contributed by atoms with Crippen LogP contribution in [0.5, 0.6) is 0 Å². The van der Waals surface area contributed by atoms with Crippen LogP contribution in [-0.4, -0.2) is 30.5 Å². The van der Waals surface area contributed by atoms with Gasteiger partial charge in [-0.25, -0.2) is 0 Å². The van der Waals surface area contributed by atoms with Gasteiger partial charge in [-0.3, -0.25) is 0 Å². The molecule has 2 rings (SSSR count). The van der Waals surface area contributed by atoms with Gasteiger partial charge < -0.3 is 15.2 Å². The lowest BCUT2D eigenvalue weighted by Crippen LogP contribution is -2.53. The van der Waals surface area contributed by atoms with Gasteiger partial charge in [-0.15, -0.1) is 11.3 Å². The zero-order valence-corrected chi connectivity index (χ0v) is 13.8. The Bertz CT molecular complexity index is 435. The molecule has 1 aromatic heterocycles. The van der Waals surface area contributed by atoms with Crippen LogP contribution in [0.25, 0.3) is 0 Å². The van der Waals surface area contributed by atoms with Crippen molar-refractivity contribution in [1.82, 2.24) is 5.32 Å². The van der Waals surface area contributed by atoms with Gasteiger partial charge in [0, 0.05) is 48.9 Å². The summed E-state index contributed by atoms with van der Waals surface area (Å²) in [6, 6.07) is 2.56. The highest BCUT2D eigenvalue weighted by atomic mass is 32.1. The van der Waals surface area contributed by atoms with Gasteiger partial charge in [0.25, 0.3) is 0 Å². The molecule has 0 radical (unpaired) electrons. The van der Waals surface area contributed by atoms with E-state index in [0.29, 0.717) is 19.3 Å². The zero-order chi connectivity index (χ0) is 14.8. The van der Waals surface area contributed by atoms with Crippen LogP contribution in [0.4, 0.5) is 0 Å². The zero-order valence-electron chi connectivity index (χ0n) is 13.0. The summed E-state index contributed by atoms with van der Waals surface area (Å²) < 4.78 is 5.38. The van der Waals surface area contributed by atoms with E-state index in [0.717, 1.165) is 19.4 Å². The molecule has 2 N–H and O–H groups in total. The van der Waals surface area contributed by atoms with Crippen LogP contribution in [0.1, 0.15) is 50.1 Å². The third-order valence-electron chi connectivity index (χ3n) is 4.68. The summed E-state index contributed by atoms with van der Waals surface area (Å²) in [5.41, 5.74) is 0.556. The fourth-order valence-electron chi connectivity index (χ4n) is 2.77. The van der Waals surface area contributed by atoms with E-state index >= 15 is 0 Å². The van der Waals surface area contributed by atoms with E-state index in [1.54, 1.807) is 11.3 Å². The molecule has 0 saturated carbocycles. The van der Waals surface area contributed by atoms with Gasteiger partial charge >= 0.3 is 0 Å². The number of thiophene rings is 1. The van der Waals surface area contributed by atoms with Crippen molar-refractivity contribution in [2.45, 2.75) is 52.2 Å². The predicted octanol–water partition coefficient (Wildman–Crippen LogP) is 3.27. The first-order valence-electron chi connectivity index (χ1n) is 7.43. The Labute approximate surface area is 126 Å². The lowest BCUT2D eigenvalue weighted by atomic mass is 9.70. The molecule has 1 unspecified atom stereocenters. The number of rotatable bonds is 5. The van der Waals surface area contributed by atoms with Gasteiger partial charge in [-0.05, 0) is 30.9 Å². The molecule has 1 atom stereocenters. The Morgan fingerprint density at radius 3 is 2.65 bits per heavy atom. The molecule has 0 aromatic carbocycles. The highest BCUT2D eigenvalue weighted by molar-refractivity contribution is 7.10. The van der Waals surface area contributed by atoms with Crippen molar-refractivity contribution in [1.29, 1.82) is 0 Å². The second kappa shape index (κ2) is 6.14. The summed E-state index contributed by atoms with van der Waals surface area (Å²) in [4.78, 5) is 1.34. The normalized spacial score (nSPS) is 20.9. The van der Waals surface area contributed by atoms with Crippen molar-refractivity contribution in [2.75, 3.05) is 19.8 Å². The maximum atomic E-state index is 10.9. The average Bonchev–Trinajstić information content (AvgIpc) is 2.83. The fourth-order valence-corrected chi connectivity index (χ4v) is 3.57. The molecule has 0 aliphatic carbocycles. The summed E-state index contributed by atoms with van der Waals surface area (Å²) in [6.45, 7) is 10.8. The van der Waals surface area contributed by atoms with Gasteiger partial charge in [0.05, 0.1) is 5.60 Å². The van der Waals surface area contributed by atoms with E-state index in [4.69, 9.17) is 4.74 Å². The molecular weight excluding hydrogens is 270 g/mol. The molecule has 0 spiro atoms. The Morgan fingerprint density at radius 1 is 1.45 bits per heavy atom. The summed E-state index contributed by atoms with van der Waals surface area (Å²) in [6.07, 6.45) is 1.46. The Kier molecular flexibility index (Phi) is 4.90. The third-order valence-corrected chi connectivity index (χ3v) is 5.56. The van der Waals surface area contributed by atoms with E-state index in [2.05, 4.69) is 44.5 Å². The molecule has 2 heterocycles. The maximum absolute atomic E-state index is 10.9. The number of nitrogens with one attached hydrogen (secondary N) is 1. The molecule has 0 amide bonds. The molecule has 1 aliphatic heterocycles. The largest absolute Gasteiger partial charge is 0.389 e. The van der Waals surface area contributed by atoms with Crippen LogP contribution < -0.4 is 5.32 Å². The number of aryl methyl sites for hydroxylation is 1. The monoisotopic (exact) mass is 297 g/mol. The van der Waals surface area contributed by atoms with Crippen LogP contribution in [0, 0.1) is 12.3 Å². The minimum absolute atomic E-state index is 0.157. The number of aliphatic hydroxyl groups is 1. The van der Waals surface area contributed by atoms with Crippen molar-refractivity contribution < 1.29 is 9.84 Å². The lowest BCUT2D eigenvalue weighted by molar-refractivity contribution is -0.131. The quantitative estimate of drug-likeness (QED) is 0.876. The van der Waals surface area contributed by atoms with E-state index < -0.39 is 5.60 Å². The second-order valence-electron chi connectivity index (χ2n) is 6.62. The third kappa shape index (κ3) is 3.42. The highest BCUT2D eigenvalue weighted by Crippen LogP contribution is 2.38. The lowest BCUT2D eigenvalue weighted by Gasteiger charge is -2.45. The molecule has 1 fully saturated rings. The van der Waals surface area contributed by atoms with Gasteiger partial charge in [0.2, 0.25) is 0 Å². The topological polar surface area (TPSA) is 41.5 Å². The van der Waals surface area contributed by atoms with E-state index in [1.807, 2.05) is 0 Å². The van der Waals surface area contributed by atoms with Crippen molar-refractivity contribution in [3.8, 4) is 0 Å². The molecule has 0 bridgehead atoms. The molecule has 1 aliphatic rings. The number of ether oxygens (including phenoxy) is 1. The SMILES string of the molecule is Cc1cc(C(C)NCC(C)(C)C2(O)CCOCC2)cs1. The summed E-state index contributed by atoms with van der Waals surface area (Å²) >= 11 is 1.79. The summed E-state index contributed by atoms with van der Waals surface area (Å²) in [5, 5.41) is 16.7. The summed E-state index contributed by atoms with van der Waals surface area (Å²) in [5.74, 6) is 0. The highest BCUT2D eigenvalue weighted by Gasteiger charge is 2.44. The van der Waals surface area contributed by atoms with Crippen LogP contribution in [0.2, 0.25) is 0 Å². The average molecular weight is 297 g/mol. The molecular formula is C16H27NO2S. The van der Waals surface area contributed by atoms with Crippen molar-refractivity contribution in [3.63, 3.8) is 0 Å². The first-order valence-corrected chi connectivity index (χ1v) is 8.31. The van der Waals surface area contributed by atoms with E-state index in [-0.39, 0.29) is 5.41 Å². The van der Waals surface area contributed by atoms with E-state index in [9.17, 15) is 5.11 Å². The molecule has 114 valence electrons. The summed E-state index contributed by atoms with van der Waals surface area (Å²) in [7, 11) is 0. The Hall–Kier alpha value is -0.420. The Balaban J connectivity index is 1.94. The molecule has 3 nitrogen and oxygen atoms in total.